The maximum Gasteiger partial charge on any atom is 0.419 e. The number of halogens is 3. The second-order valence-corrected chi connectivity index (χ2v) is 3.59. The topological polar surface area (TPSA) is 39.1 Å². The minimum Gasteiger partial charge on any atom is -0.383 e. The van der Waals surface area contributed by atoms with E-state index in [2.05, 4.69) is 10.4 Å². The molecule has 0 aliphatic carbocycles. The quantitative estimate of drug-likeness (QED) is 0.747. The fraction of sp³-hybridized carbons (Fsp3) is 0.700. The number of hydrogen-bond acceptors (Lipinski definition) is 3. The Morgan fingerprint density at radius 2 is 2.18 bits per heavy atom. The Hall–Kier alpha value is -1.08. The fourth-order valence-electron chi connectivity index (χ4n) is 1.30. The molecular weight excluding hydrogens is 235 g/mol. The van der Waals surface area contributed by atoms with E-state index in [1.54, 1.807) is 7.11 Å². The molecule has 7 heteroatoms. The standard InChI is InChI=1S/C10H16F3N3O/c1-17-6-4-14-3-2-5-16-8-9(7-15-16)10(11,12)13/h7-8,14H,2-6H2,1H3. The molecule has 98 valence electrons. The molecule has 0 saturated heterocycles. The van der Waals surface area contributed by atoms with Gasteiger partial charge in [-0.2, -0.15) is 18.3 Å². The van der Waals surface area contributed by atoms with E-state index in [9.17, 15) is 13.2 Å². The van der Waals surface area contributed by atoms with Crippen LogP contribution < -0.4 is 5.32 Å². The summed E-state index contributed by atoms with van der Waals surface area (Å²) in [5.41, 5.74) is -0.704. The number of methoxy groups -OCH3 is 1. The van der Waals surface area contributed by atoms with Crippen LogP contribution >= 0.6 is 0 Å². The van der Waals surface area contributed by atoms with Gasteiger partial charge in [0, 0.05) is 26.4 Å². The molecule has 0 amide bonds. The summed E-state index contributed by atoms with van der Waals surface area (Å²) in [7, 11) is 1.62. The van der Waals surface area contributed by atoms with E-state index >= 15 is 0 Å². The number of alkyl halides is 3. The maximum atomic E-state index is 12.2. The van der Waals surface area contributed by atoms with E-state index in [-0.39, 0.29) is 0 Å². The van der Waals surface area contributed by atoms with Gasteiger partial charge in [0.1, 0.15) is 0 Å². The monoisotopic (exact) mass is 251 g/mol. The maximum absolute atomic E-state index is 12.2. The van der Waals surface area contributed by atoms with E-state index in [1.165, 1.54) is 4.68 Å². The number of nitrogens with zero attached hydrogens (tertiary/aromatic N) is 2. The van der Waals surface area contributed by atoms with Gasteiger partial charge in [-0.1, -0.05) is 0 Å². The Kier molecular flexibility index (Phi) is 5.43. The molecule has 0 bridgehead atoms. The molecule has 17 heavy (non-hydrogen) atoms. The van der Waals surface area contributed by atoms with Crippen molar-refractivity contribution in [1.29, 1.82) is 0 Å². The number of nitrogens with one attached hydrogen (secondary N) is 1. The molecule has 0 radical (unpaired) electrons. The first-order chi connectivity index (χ1) is 8.04. The van der Waals surface area contributed by atoms with Gasteiger partial charge in [0.2, 0.25) is 0 Å². The summed E-state index contributed by atoms with van der Waals surface area (Å²) in [4.78, 5) is 0. The minimum absolute atomic E-state index is 0.468. The van der Waals surface area contributed by atoms with Crippen LogP contribution in [0.4, 0.5) is 13.2 Å². The van der Waals surface area contributed by atoms with Gasteiger partial charge in [-0.15, -0.1) is 0 Å². The van der Waals surface area contributed by atoms with Gasteiger partial charge in [0.15, 0.2) is 0 Å². The normalized spacial score (nSPS) is 12.0. The Balaban J connectivity index is 2.21. The first-order valence-electron chi connectivity index (χ1n) is 5.33. The van der Waals surface area contributed by atoms with Crippen molar-refractivity contribution in [2.24, 2.45) is 0 Å². The van der Waals surface area contributed by atoms with Crippen LogP contribution in [0.15, 0.2) is 12.4 Å². The Bertz CT molecular complexity index is 325. The lowest BCUT2D eigenvalue weighted by molar-refractivity contribution is -0.137. The van der Waals surface area contributed by atoms with Crippen LogP contribution in [0.1, 0.15) is 12.0 Å². The third kappa shape index (κ3) is 5.18. The average molecular weight is 251 g/mol. The number of ether oxygens (including phenoxy) is 1. The van der Waals surface area contributed by atoms with Crippen molar-refractivity contribution in [1.82, 2.24) is 15.1 Å². The third-order valence-corrected chi connectivity index (χ3v) is 2.18. The van der Waals surface area contributed by atoms with E-state index in [0.717, 1.165) is 31.9 Å². The zero-order valence-electron chi connectivity index (χ0n) is 9.63. The fourth-order valence-corrected chi connectivity index (χ4v) is 1.30. The average Bonchev–Trinajstić information content (AvgIpc) is 2.71. The highest BCUT2D eigenvalue weighted by atomic mass is 19.4. The number of aromatic nitrogens is 2. The molecule has 0 unspecified atom stereocenters. The van der Waals surface area contributed by atoms with Crippen LogP contribution in [-0.2, 0) is 17.5 Å². The molecule has 1 aromatic heterocycles. The highest BCUT2D eigenvalue weighted by Crippen LogP contribution is 2.28. The van der Waals surface area contributed by atoms with Crippen LogP contribution in [0.3, 0.4) is 0 Å². The summed E-state index contributed by atoms with van der Waals surface area (Å²) >= 11 is 0. The molecule has 0 saturated carbocycles. The Morgan fingerprint density at radius 3 is 2.76 bits per heavy atom. The summed E-state index contributed by atoms with van der Waals surface area (Å²) in [6.07, 6.45) is -1.72. The smallest absolute Gasteiger partial charge is 0.383 e. The van der Waals surface area contributed by atoms with Crippen molar-refractivity contribution < 1.29 is 17.9 Å². The van der Waals surface area contributed by atoms with Crippen LogP contribution in [0.25, 0.3) is 0 Å². The molecule has 0 aliphatic rings. The van der Waals surface area contributed by atoms with E-state index in [1.807, 2.05) is 0 Å². The number of aryl methyl sites for hydroxylation is 1. The SMILES string of the molecule is COCCNCCCn1cc(C(F)(F)F)cn1. The molecular formula is C10H16F3N3O. The lowest BCUT2D eigenvalue weighted by Gasteiger charge is -2.04. The van der Waals surface area contributed by atoms with Gasteiger partial charge in [0.05, 0.1) is 18.4 Å². The molecule has 1 N–H and O–H groups in total. The highest BCUT2D eigenvalue weighted by Gasteiger charge is 2.31. The van der Waals surface area contributed by atoms with Gasteiger partial charge in [-0.05, 0) is 13.0 Å². The van der Waals surface area contributed by atoms with Gasteiger partial charge >= 0.3 is 6.18 Å². The Labute approximate surface area is 97.8 Å². The number of rotatable bonds is 7. The molecule has 1 aromatic rings. The molecule has 1 heterocycles. The summed E-state index contributed by atoms with van der Waals surface area (Å²) in [6.45, 7) is 2.56. The molecule has 0 spiro atoms. The van der Waals surface area contributed by atoms with Crippen LogP contribution in [0.2, 0.25) is 0 Å². The summed E-state index contributed by atoms with van der Waals surface area (Å²) in [6, 6.07) is 0. The van der Waals surface area contributed by atoms with Crippen molar-refractivity contribution in [2.45, 2.75) is 19.1 Å². The lowest BCUT2D eigenvalue weighted by atomic mass is 10.3. The molecule has 0 atom stereocenters. The van der Waals surface area contributed by atoms with Gasteiger partial charge in [-0.3, -0.25) is 4.68 Å². The second kappa shape index (κ2) is 6.61. The van der Waals surface area contributed by atoms with Crippen LogP contribution in [0, 0.1) is 0 Å². The van der Waals surface area contributed by atoms with Crippen molar-refractivity contribution >= 4 is 0 Å². The van der Waals surface area contributed by atoms with Crippen molar-refractivity contribution in [3.63, 3.8) is 0 Å². The first-order valence-corrected chi connectivity index (χ1v) is 5.33. The summed E-state index contributed by atoms with van der Waals surface area (Å²) in [5.74, 6) is 0. The first kappa shape index (κ1) is 14.0. The zero-order chi connectivity index (χ0) is 12.7. The lowest BCUT2D eigenvalue weighted by Crippen LogP contribution is -2.21. The van der Waals surface area contributed by atoms with Crippen molar-refractivity contribution in [3.8, 4) is 0 Å². The Morgan fingerprint density at radius 1 is 1.41 bits per heavy atom. The van der Waals surface area contributed by atoms with Crippen LogP contribution in [0.5, 0.6) is 0 Å². The summed E-state index contributed by atoms with van der Waals surface area (Å²) in [5, 5.41) is 6.77. The summed E-state index contributed by atoms with van der Waals surface area (Å²) < 4.78 is 42.9. The minimum atomic E-state index is -4.31. The molecule has 4 nitrogen and oxygen atoms in total. The van der Waals surface area contributed by atoms with Crippen molar-refractivity contribution in [2.75, 3.05) is 26.8 Å². The second-order valence-electron chi connectivity index (χ2n) is 3.59. The number of hydrogen-bond donors (Lipinski definition) is 1. The molecule has 0 aliphatic heterocycles. The predicted molar refractivity (Wildman–Crippen MR) is 56.6 cm³/mol. The van der Waals surface area contributed by atoms with Gasteiger partial charge < -0.3 is 10.1 Å². The van der Waals surface area contributed by atoms with E-state index < -0.39 is 11.7 Å². The third-order valence-electron chi connectivity index (χ3n) is 2.18. The zero-order valence-corrected chi connectivity index (χ0v) is 9.63. The highest BCUT2D eigenvalue weighted by molar-refractivity contribution is 5.08. The molecule has 0 aromatic carbocycles. The van der Waals surface area contributed by atoms with Gasteiger partial charge in [-0.25, -0.2) is 0 Å². The van der Waals surface area contributed by atoms with E-state index in [4.69, 9.17) is 4.74 Å². The van der Waals surface area contributed by atoms with E-state index in [0.29, 0.717) is 13.2 Å². The molecule has 1 rings (SSSR count). The van der Waals surface area contributed by atoms with Crippen molar-refractivity contribution in [3.05, 3.63) is 18.0 Å². The largest absolute Gasteiger partial charge is 0.419 e. The predicted octanol–water partition coefficient (Wildman–Crippen LogP) is 1.53. The molecule has 0 fully saturated rings. The van der Waals surface area contributed by atoms with Crippen LogP contribution in [-0.4, -0.2) is 36.6 Å². The van der Waals surface area contributed by atoms with Gasteiger partial charge in [0.25, 0.3) is 0 Å².